The lowest BCUT2D eigenvalue weighted by Crippen LogP contribution is -2.19. The molecule has 3 N–H and O–H groups in total. The Bertz CT molecular complexity index is 426. The molecule has 1 aromatic rings. The summed E-state index contributed by atoms with van der Waals surface area (Å²) in [5.41, 5.74) is 6.18. The summed E-state index contributed by atoms with van der Waals surface area (Å²) in [6.45, 7) is 3.59. The van der Waals surface area contributed by atoms with Crippen molar-refractivity contribution in [3.05, 3.63) is 48.0 Å². The van der Waals surface area contributed by atoms with Gasteiger partial charge < -0.3 is 10.8 Å². The second kappa shape index (κ2) is 5.96. The highest BCUT2D eigenvalue weighted by atomic mass is 16.4. The van der Waals surface area contributed by atoms with Crippen molar-refractivity contribution in [1.29, 1.82) is 0 Å². The van der Waals surface area contributed by atoms with Crippen molar-refractivity contribution in [2.24, 2.45) is 5.73 Å². The molecule has 0 aromatic heterocycles. The Morgan fingerprint density at radius 1 is 1.29 bits per heavy atom. The molecule has 1 aromatic carbocycles. The van der Waals surface area contributed by atoms with Crippen LogP contribution in [0.2, 0.25) is 0 Å². The molecule has 4 heteroatoms. The van der Waals surface area contributed by atoms with E-state index in [4.69, 9.17) is 5.73 Å². The molecule has 1 unspecified atom stereocenters. The van der Waals surface area contributed by atoms with E-state index in [-0.39, 0.29) is 18.7 Å². The van der Waals surface area contributed by atoms with Gasteiger partial charge in [-0.15, -0.1) is 0 Å². The molecular weight excluding hydrogens is 218 g/mol. The van der Waals surface area contributed by atoms with E-state index in [1.165, 1.54) is 0 Å². The largest absolute Gasteiger partial charge is 0.481 e. The quantitative estimate of drug-likeness (QED) is 0.726. The molecule has 0 saturated carbocycles. The zero-order valence-corrected chi connectivity index (χ0v) is 9.43. The number of benzene rings is 1. The van der Waals surface area contributed by atoms with Crippen LogP contribution in [-0.4, -0.2) is 23.4 Å². The Labute approximate surface area is 99.8 Å². The van der Waals surface area contributed by atoms with Gasteiger partial charge in [0.05, 0.1) is 6.54 Å². The normalized spacial score (nSPS) is 11.8. The Balaban J connectivity index is 2.91. The summed E-state index contributed by atoms with van der Waals surface area (Å²) in [6.07, 6.45) is 0.00234. The first-order valence-corrected chi connectivity index (χ1v) is 5.23. The third-order valence-corrected chi connectivity index (χ3v) is 2.44. The van der Waals surface area contributed by atoms with E-state index < -0.39 is 11.9 Å². The van der Waals surface area contributed by atoms with Gasteiger partial charge in [0, 0.05) is 6.42 Å². The number of carbonyl (C=O) groups is 2. The molecule has 0 amide bonds. The van der Waals surface area contributed by atoms with Crippen molar-refractivity contribution in [3.8, 4) is 0 Å². The summed E-state index contributed by atoms with van der Waals surface area (Å²) in [5, 5.41) is 9.18. The Hall–Kier alpha value is -1.94. The minimum atomic E-state index is -1.01. The fourth-order valence-corrected chi connectivity index (χ4v) is 1.63. The average Bonchev–Trinajstić information content (AvgIpc) is 2.29. The van der Waals surface area contributed by atoms with E-state index in [1.54, 1.807) is 30.3 Å². The predicted molar refractivity (Wildman–Crippen MR) is 64.6 cm³/mol. The van der Waals surface area contributed by atoms with Gasteiger partial charge in [0.25, 0.3) is 0 Å². The molecular formula is C13H15NO3. The fraction of sp³-hybridized carbons (Fsp3) is 0.231. The van der Waals surface area contributed by atoms with Crippen molar-refractivity contribution in [3.63, 3.8) is 0 Å². The molecule has 0 heterocycles. The average molecular weight is 233 g/mol. The van der Waals surface area contributed by atoms with Crippen LogP contribution in [0.5, 0.6) is 0 Å². The van der Waals surface area contributed by atoms with Crippen molar-refractivity contribution < 1.29 is 14.7 Å². The topological polar surface area (TPSA) is 80.4 Å². The van der Waals surface area contributed by atoms with Crippen LogP contribution in [0.4, 0.5) is 0 Å². The summed E-state index contributed by atoms with van der Waals surface area (Å²) >= 11 is 0. The monoisotopic (exact) mass is 233 g/mol. The van der Waals surface area contributed by atoms with Crippen molar-refractivity contribution in [2.75, 3.05) is 6.54 Å². The van der Waals surface area contributed by atoms with Gasteiger partial charge in [0.2, 0.25) is 0 Å². The Kier molecular flexibility index (Phi) is 4.60. The number of carboxylic acids is 1. The summed E-state index contributed by atoms with van der Waals surface area (Å²) in [5.74, 6) is -2.07. The lowest BCUT2D eigenvalue weighted by molar-refractivity contribution is -0.137. The highest BCUT2D eigenvalue weighted by Crippen LogP contribution is 2.25. The van der Waals surface area contributed by atoms with Gasteiger partial charge >= 0.3 is 5.97 Å². The van der Waals surface area contributed by atoms with E-state index in [1.807, 2.05) is 0 Å². The number of hydrogen-bond acceptors (Lipinski definition) is 3. The first kappa shape index (κ1) is 13.1. The molecule has 0 aliphatic heterocycles. The summed E-state index contributed by atoms with van der Waals surface area (Å²) in [6, 6.07) is 8.72. The first-order valence-electron chi connectivity index (χ1n) is 5.23. The van der Waals surface area contributed by atoms with E-state index in [0.717, 1.165) is 0 Å². The van der Waals surface area contributed by atoms with Gasteiger partial charge in [-0.3, -0.25) is 9.59 Å². The maximum atomic E-state index is 11.2. The first-order chi connectivity index (χ1) is 8.06. The molecule has 0 bridgehead atoms. The van der Waals surface area contributed by atoms with Gasteiger partial charge in [-0.25, -0.2) is 0 Å². The number of rotatable bonds is 6. The van der Waals surface area contributed by atoms with Crippen LogP contribution >= 0.6 is 0 Å². The van der Waals surface area contributed by atoms with Crippen molar-refractivity contribution in [1.82, 2.24) is 0 Å². The highest BCUT2D eigenvalue weighted by Gasteiger charge is 2.23. The van der Waals surface area contributed by atoms with E-state index in [0.29, 0.717) is 11.1 Å². The van der Waals surface area contributed by atoms with Crippen LogP contribution in [0.3, 0.4) is 0 Å². The number of nitrogens with two attached hydrogens (primary N) is 1. The highest BCUT2D eigenvalue weighted by molar-refractivity contribution is 5.86. The van der Waals surface area contributed by atoms with E-state index >= 15 is 0 Å². The van der Waals surface area contributed by atoms with Crippen LogP contribution in [0.15, 0.2) is 42.5 Å². The van der Waals surface area contributed by atoms with E-state index in [2.05, 4.69) is 6.58 Å². The third kappa shape index (κ3) is 3.53. The predicted octanol–water partition coefficient (Wildman–Crippen LogP) is 1.33. The van der Waals surface area contributed by atoms with Crippen LogP contribution in [0.1, 0.15) is 17.9 Å². The lowest BCUT2D eigenvalue weighted by atomic mass is 9.89. The fourth-order valence-electron chi connectivity index (χ4n) is 1.63. The van der Waals surface area contributed by atoms with Gasteiger partial charge in [-0.1, -0.05) is 42.5 Å². The van der Waals surface area contributed by atoms with Gasteiger partial charge in [0.15, 0.2) is 0 Å². The zero-order chi connectivity index (χ0) is 12.8. The van der Waals surface area contributed by atoms with Crippen LogP contribution in [-0.2, 0) is 9.59 Å². The number of carboxylic acid groups (broad SMARTS) is 1. The summed E-state index contributed by atoms with van der Waals surface area (Å²) in [4.78, 5) is 22.4. The minimum absolute atomic E-state index is 0.00234. The summed E-state index contributed by atoms with van der Waals surface area (Å²) in [7, 11) is 0. The second-order valence-corrected chi connectivity index (χ2v) is 3.76. The number of Topliss-reactive ketones (excluding diaryl/α,β-unsaturated/α-hetero) is 1. The zero-order valence-electron chi connectivity index (χ0n) is 9.43. The smallest absolute Gasteiger partial charge is 0.315 e. The molecule has 0 aliphatic rings. The molecule has 0 fully saturated rings. The second-order valence-electron chi connectivity index (χ2n) is 3.76. The van der Waals surface area contributed by atoms with Crippen molar-refractivity contribution >= 4 is 11.8 Å². The SMILES string of the molecule is C=C(CC(=O)CN)C(C(=O)O)c1ccccc1. The van der Waals surface area contributed by atoms with Gasteiger partial charge in [-0.2, -0.15) is 0 Å². The van der Waals surface area contributed by atoms with Gasteiger partial charge in [0.1, 0.15) is 11.7 Å². The van der Waals surface area contributed by atoms with Crippen LogP contribution in [0, 0.1) is 0 Å². The lowest BCUT2D eigenvalue weighted by Gasteiger charge is -2.15. The van der Waals surface area contributed by atoms with Crippen LogP contribution in [0.25, 0.3) is 0 Å². The minimum Gasteiger partial charge on any atom is -0.481 e. The molecule has 17 heavy (non-hydrogen) atoms. The number of aliphatic carboxylic acids is 1. The number of hydrogen-bond donors (Lipinski definition) is 2. The summed E-state index contributed by atoms with van der Waals surface area (Å²) < 4.78 is 0. The molecule has 0 aliphatic carbocycles. The van der Waals surface area contributed by atoms with E-state index in [9.17, 15) is 14.7 Å². The standard InChI is InChI=1S/C13H15NO3/c1-9(7-11(15)8-14)12(13(16)17)10-5-3-2-4-6-10/h2-6,12H,1,7-8,14H2,(H,16,17). The molecule has 0 radical (unpaired) electrons. The maximum absolute atomic E-state index is 11.2. The number of carbonyl (C=O) groups excluding carboxylic acids is 1. The Morgan fingerprint density at radius 2 is 1.88 bits per heavy atom. The molecule has 0 saturated heterocycles. The van der Waals surface area contributed by atoms with Gasteiger partial charge in [-0.05, 0) is 5.56 Å². The maximum Gasteiger partial charge on any atom is 0.315 e. The molecule has 90 valence electrons. The molecule has 4 nitrogen and oxygen atoms in total. The molecule has 1 rings (SSSR count). The van der Waals surface area contributed by atoms with Crippen molar-refractivity contribution in [2.45, 2.75) is 12.3 Å². The molecule has 0 spiro atoms. The van der Waals surface area contributed by atoms with Crippen LogP contribution < -0.4 is 5.73 Å². The third-order valence-electron chi connectivity index (χ3n) is 2.44. The molecule has 1 atom stereocenters. The number of ketones is 1. The Morgan fingerprint density at radius 3 is 2.35 bits per heavy atom.